The molecule has 2 rings (SSSR count). The number of amides is 1. The van der Waals surface area contributed by atoms with Crippen LogP contribution in [0, 0.1) is 6.92 Å². The van der Waals surface area contributed by atoms with Gasteiger partial charge in [-0.05, 0) is 43.7 Å². The highest BCUT2D eigenvalue weighted by atomic mass is 35.5. The van der Waals surface area contributed by atoms with Crippen LogP contribution in [0.2, 0.25) is 5.02 Å². The van der Waals surface area contributed by atoms with Crippen LogP contribution in [0.25, 0.3) is 0 Å². The largest absolute Gasteiger partial charge is 0.494 e. The quantitative estimate of drug-likeness (QED) is 0.684. The number of carbonyl (C=O) groups is 1. The third-order valence-electron chi connectivity index (χ3n) is 3.41. The maximum atomic E-state index is 12.7. The molecule has 0 spiro atoms. The molecule has 0 heterocycles. The highest BCUT2D eigenvalue weighted by molar-refractivity contribution is 6.33. The van der Waals surface area contributed by atoms with Crippen molar-refractivity contribution in [1.29, 1.82) is 0 Å². The van der Waals surface area contributed by atoms with Gasteiger partial charge in [0.1, 0.15) is 5.75 Å². The van der Waals surface area contributed by atoms with E-state index in [1.54, 1.807) is 0 Å². The SMILES string of the molecule is Cc1ccc(OCCCC(=O)Nc2cc(C(F)(F)F)ccc2Cl)cc1. The number of alkyl halides is 3. The highest BCUT2D eigenvalue weighted by Crippen LogP contribution is 2.33. The summed E-state index contributed by atoms with van der Waals surface area (Å²) in [6, 6.07) is 10.3. The van der Waals surface area contributed by atoms with E-state index >= 15 is 0 Å². The number of aryl methyl sites for hydroxylation is 1. The first-order valence-electron chi connectivity index (χ1n) is 7.62. The monoisotopic (exact) mass is 371 g/mol. The van der Waals surface area contributed by atoms with Gasteiger partial charge in [-0.3, -0.25) is 4.79 Å². The summed E-state index contributed by atoms with van der Waals surface area (Å²) >= 11 is 5.84. The summed E-state index contributed by atoms with van der Waals surface area (Å²) in [5.41, 5.74) is 0.195. The molecular weight excluding hydrogens is 355 g/mol. The number of hydrogen-bond donors (Lipinski definition) is 1. The van der Waals surface area contributed by atoms with Crippen molar-refractivity contribution >= 4 is 23.2 Å². The van der Waals surface area contributed by atoms with Gasteiger partial charge in [-0.15, -0.1) is 0 Å². The fourth-order valence-corrected chi connectivity index (χ4v) is 2.23. The second kappa shape index (κ2) is 8.25. The summed E-state index contributed by atoms with van der Waals surface area (Å²) in [5, 5.41) is 2.46. The third kappa shape index (κ3) is 5.98. The van der Waals surface area contributed by atoms with Crippen molar-refractivity contribution in [2.75, 3.05) is 11.9 Å². The van der Waals surface area contributed by atoms with Crippen molar-refractivity contribution in [3.05, 3.63) is 58.6 Å². The maximum Gasteiger partial charge on any atom is 0.416 e. The van der Waals surface area contributed by atoms with Crippen LogP contribution in [0.5, 0.6) is 5.75 Å². The molecule has 0 saturated heterocycles. The number of ether oxygens (including phenoxy) is 1. The van der Waals surface area contributed by atoms with Crippen LogP contribution in [-0.4, -0.2) is 12.5 Å². The van der Waals surface area contributed by atoms with Crippen molar-refractivity contribution in [3.63, 3.8) is 0 Å². The number of carbonyl (C=O) groups excluding carboxylic acids is 1. The second-order valence-electron chi connectivity index (χ2n) is 5.51. The van der Waals surface area contributed by atoms with E-state index < -0.39 is 17.6 Å². The number of hydrogen-bond acceptors (Lipinski definition) is 2. The Bertz CT molecular complexity index is 730. The molecule has 0 aromatic heterocycles. The molecule has 0 fully saturated rings. The van der Waals surface area contributed by atoms with E-state index in [9.17, 15) is 18.0 Å². The van der Waals surface area contributed by atoms with Crippen LogP contribution in [0.4, 0.5) is 18.9 Å². The van der Waals surface area contributed by atoms with Crippen LogP contribution < -0.4 is 10.1 Å². The lowest BCUT2D eigenvalue weighted by Crippen LogP contribution is -2.14. The molecule has 25 heavy (non-hydrogen) atoms. The minimum absolute atomic E-state index is 0.0530. The number of rotatable bonds is 6. The molecule has 0 aliphatic rings. The maximum absolute atomic E-state index is 12.7. The van der Waals surface area contributed by atoms with Gasteiger partial charge in [-0.1, -0.05) is 29.3 Å². The Balaban J connectivity index is 1.83. The van der Waals surface area contributed by atoms with Gasteiger partial charge in [0.2, 0.25) is 5.91 Å². The average Bonchev–Trinajstić information content (AvgIpc) is 2.54. The molecule has 2 aromatic carbocycles. The Labute approximate surface area is 148 Å². The third-order valence-corrected chi connectivity index (χ3v) is 3.74. The molecule has 0 bridgehead atoms. The van der Waals surface area contributed by atoms with Gasteiger partial charge >= 0.3 is 6.18 Å². The van der Waals surface area contributed by atoms with Crippen molar-refractivity contribution < 1.29 is 22.7 Å². The van der Waals surface area contributed by atoms with Gasteiger partial charge in [0.05, 0.1) is 22.9 Å². The van der Waals surface area contributed by atoms with Crippen molar-refractivity contribution in [1.82, 2.24) is 0 Å². The van der Waals surface area contributed by atoms with Crippen molar-refractivity contribution in [2.45, 2.75) is 25.9 Å². The Hall–Kier alpha value is -2.21. The minimum Gasteiger partial charge on any atom is -0.494 e. The first-order valence-corrected chi connectivity index (χ1v) is 7.99. The molecule has 7 heteroatoms. The van der Waals surface area contributed by atoms with Gasteiger partial charge in [0.25, 0.3) is 0 Å². The lowest BCUT2D eigenvalue weighted by molar-refractivity contribution is -0.137. The summed E-state index contributed by atoms with van der Waals surface area (Å²) < 4.78 is 43.6. The molecule has 0 radical (unpaired) electrons. The Morgan fingerprint density at radius 3 is 2.48 bits per heavy atom. The molecule has 0 aliphatic carbocycles. The Morgan fingerprint density at radius 1 is 1.16 bits per heavy atom. The molecule has 0 aliphatic heterocycles. The summed E-state index contributed by atoms with van der Waals surface area (Å²) in [6.07, 6.45) is -3.96. The molecule has 1 N–H and O–H groups in total. The molecule has 0 atom stereocenters. The molecule has 0 saturated carbocycles. The topological polar surface area (TPSA) is 38.3 Å². The van der Waals surface area contributed by atoms with Gasteiger partial charge in [0.15, 0.2) is 0 Å². The number of benzene rings is 2. The predicted molar refractivity (Wildman–Crippen MR) is 91.0 cm³/mol. The van der Waals surface area contributed by atoms with Crippen LogP contribution in [0.3, 0.4) is 0 Å². The number of nitrogens with one attached hydrogen (secondary N) is 1. The molecular formula is C18H17ClF3NO2. The average molecular weight is 372 g/mol. The Kier molecular flexibility index (Phi) is 6.31. The van der Waals surface area contributed by atoms with E-state index in [2.05, 4.69) is 5.32 Å². The van der Waals surface area contributed by atoms with Crippen LogP contribution in [-0.2, 0) is 11.0 Å². The van der Waals surface area contributed by atoms with Crippen molar-refractivity contribution in [3.8, 4) is 5.75 Å². The van der Waals surface area contributed by atoms with Crippen molar-refractivity contribution in [2.24, 2.45) is 0 Å². The number of anilines is 1. The van der Waals surface area contributed by atoms with Crippen LogP contribution in [0.15, 0.2) is 42.5 Å². The van der Waals surface area contributed by atoms with Gasteiger partial charge in [-0.25, -0.2) is 0 Å². The molecule has 1 amide bonds. The van der Waals surface area contributed by atoms with Gasteiger partial charge < -0.3 is 10.1 Å². The predicted octanol–water partition coefficient (Wildman–Crippen LogP) is 5.46. The standard InChI is InChI=1S/C18H17ClF3NO2/c1-12-4-7-14(8-5-12)25-10-2-3-17(24)23-16-11-13(18(20,21)22)6-9-15(16)19/h4-9,11H,2-3,10H2,1H3,(H,23,24). The lowest BCUT2D eigenvalue weighted by atomic mass is 10.2. The summed E-state index contributed by atoms with van der Waals surface area (Å²) in [5.74, 6) is 0.278. The van der Waals surface area contributed by atoms with E-state index in [4.69, 9.17) is 16.3 Å². The number of halogens is 4. The van der Waals surface area contributed by atoms with Crippen LogP contribution in [0.1, 0.15) is 24.0 Å². The van der Waals surface area contributed by atoms with E-state index in [0.717, 1.165) is 23.8 Å². The first kappa shape index (κ1) is 19.1. The molecule has 134 valence electrons. The summed E-state index contributed by atoms with van der Waals surface area (Å²) in [4.78, 5) is 11.9. The highest BCUT2D eigenvalue weighted by Gasteiger charge is 2.31. The smallest absolute Gasteiger partial charge is 0.416 e. The van der Waals surface area contributed by atoms with Gasteiger partial charge in [0, 0.05) is 6.42 Å². The van der Waals surface area contributed by atoms with E-state index in [-0.39, 0.29) is 17.1 Å². The van der Waals surface area contributed by atoms with E-state index in [1.165, 1.54) is 0 Å². The fourth-order valence-electron chi connectivity index (χ4n) is 2.07. The Morgan fingerprint density at radius 2 is 1.84 bits per heavy atom. The van der Waals surface area contributed by atoms with Gasteiger partial charge in [-0.2, -0.15) is 13.2 Å². The molecule has 3 nitrogen and oxygen atoms in total. The van der Waals surface area contributed by atoms with E-state index in [1.807, 2.05) is 31.2 Å². The van der Waals surface area contributed by atoms with E-state index in [0.29, 0.717) is 18.8 Å². The molecule has 0 unspecified atom stereocenters. The minimum atomic E-state index is -4.49. The zero-order chi connectivity index (χ0) is 18.4. The normalized spacial score (nSPS) is 11.2. The zero-order valence-corrected chi connectivity index (χ0v) is 14.2. The van der Waals surface area contributed by atoms with Crippen LogP contribution >= 0.6 is 11.6 Å². The summed E-state index contributed by atoms with van der Waals surface area (Å²) in [7, 11) is 0. The zero-order valence-electron chi connectivity index (χ0n) is 13.5. The lowest BCUT2D eigenvalue weighted by Gasteiger charge is -2.12. The second-order valence-corrected chi connectivity index (χ2v) is 5.91. The fraction of sp³-hybridized carbons (Fsp3) is 0.278. The molecule has 2 aromatic rings. The summed E-state index contributed by atoms with van der Waals surface area (Å²) in [6.45, 7) is 2.29. The first-order chi connectivity index (χ1) is 11.8.